The summed E-state index contributed by atoms with van der Waals surface area (Å²) in [5.74, 6) is -0.700. The molecule has 0 bridgehead atoms. The molecule has 0 radical (unpaired) electrons. The van der Waals surface area contributed by atoms with Gasteiger partial charge < -0.3 is 20.5 Å². The van der Waals surface area contributed by atoms with Crippen LogP contribution in [0.15, 0.2) is 12.2 Å². The molecule has 0 aromatic heterocycles. The molecule has 1 saturated carbocycles. The first kappa shape index (κ1) is 16.8. The fourth-order valence-electron chi connectivity index (χ4n) is 3.33. The number of urea groups is 1. The minimum absolute atomic E-state index is 0.0336. The van der Waals surface area contributed by atoms with Crippen molar-refractivity contribution in [3.63, 3.8) is 0 Å². The zero-order valence-electron chi connectivity index (χ0n) is 13.1. The van der Waals surface area contributed by atoms with E-state index < -0.39 is 5.97 Å². The molecule has 1 heterocycles. The van der Waals surface area contributed by atoms with Gasteiger partial charge in [0.2, 0.25) is 0 Å². The van der Waals surface area contributed by atoms with E-state index in [2.05, 4.69) is 17.2 Å². The largest absolute Gasteiger partial charge is 0.481 e. The van der Waals surface area contributed by atoms with Gasteiger partial charge in [-0.05, 0) is 39.0 Å². The van der Waals surface area contributed by atoms with Crippen molar-refractivity contribution < 1.29 is 19.4 Å². The Hall–Kier alpha value is -1.56. The van der Waals surface area contributed by atoms with E-state index in [0.29, 0.717) is 26.0 Å². The summed E-state index contributed by atoms with van der Waals surface area (Å²) in [5, 5.41) is 14.8. The molecule has 1 aliphatic carbocycles. The molecule has 1 aliphatic heterocycles. The maximum absolute atomic E-state index is 12.0. The fourth-order valence-corrected chi connectivity index (χ4v) is 3.33. The summed E-state index contributed by atoms with van der Waals surface area (Å²) in [7, 11) is 0. The van der Waals surface area contributed by atoms with Gasteiger partial charge >= 0.3 is 12.0 Å². The lowest BCUT2D eigenvalue weighted by Gasteiger charge is -2.27. The van der Waals surface area contributed by atoms with E-state index in [0.717, 1.165) is 24.8 Å². The van der Waals surface area contributed by atoms with E-state index >= 15 is 0 Å². The number of hydrogen-bond donors (Lipinski definition) is 3. The molecule has 2 atom stereocenters. The van der Waals surface area contributed by atoms with Crippen molar-refractivity contribution in [1.82, 2.24) is 10.6 Å². The molecule has 2 amide bonds. The van der Waals surface area contributed by atoms with Crippen LogP contribution in [0, 0.1) is 11.8 Å². The number of ether oxygens (including phenoxy) is 1. The molecule has 0 spiro atoms. The Morgan fingerprint density at radius 2 is 1.91 bits per heavy atom. The summed E-state index contributed by atoms with van der Waals surface area (Å²) in [6.07, 6.45) is 3.69. The zero-order valence-corrected chi connectivity index (χ0v) is 13.1. The number of rotatable bonds is 5. The Labute approximate surface area is 131 Å². The van der Waals surface area contributed by atoms with E-state index in [4.69, 9.17) is 9.84 Å². The quantitative estimate of drug-likeness (QED) is 0.677. The number of carboxylic acid groups (broad SMARTS) is 1. The average molecular weight is 310 g/mol. The minimum atomic E-state index is -0.727. The van der Waals surface area contributed by atoms with Gasteiger partial charge in [-0.25, -0.2) is 4.79 Å². The number of carbonyl (C=O) groups excluding carboxylic acids is 1. The summed E-state index contributed by atoms with van der Waals surface area (Å²) in [5.41, 5.74) is 0.997. The van der Waals surface area contributed by atoms with Gasteiger partial charge in [-0.2, -0.15) is 0 Å². The van der Waals surface area contributed by atoms with Crippen molar-refractivity contribution in [2.45, 2.75) is 51.2 Å². The Morgan fingerprint density at radius 3 is 2.50 bits per heavy atom. The van der Waals surface area contributed by atoms with Crippen LogP contribution in [-0.4, -0.2) is 42.4 Å². The number of amides is 2. The van der Waals surface area contributed by atoms with E-state index in [1.54, 1.807) is 0 Å². The number of carboxylic acids is 1. The summed E-state index contributed by atoms with van der Waals surface area (Å²) in [6, 6.07) is -0.0986. The highest BCUT2D eigenvalue weighted by atomic mass is 16.5. The molecule has 0 aromatic rings. The van der Waals surface area contributed by atoms with Crippen molar-refractivity contribution in [3.05, 3.63) is 12.2 Å². The van der Waals surface area contributed by atoms with E-state index in [9.17, 15) is 9.59 Å². The zero-order chi connectivity index (χ0) is 16.1. The lowest BCUT2D eigenvalue weighted by molar-refractivity contribution is -0.142. The molecule has 3 N–H and O–H groups in total. The third-order valence-corrected chi connectivity index (χ3v) is 4.64. The van der Waals surface area contributed by atoms with E-state index in [-0.39, 0.29) is 30.0 Å². The summed E-state index contributed by atoms with van der Waals surface area (Å²) in [4.78, 5) is 22.9. The summed E-state index contributed by atoms with van der Waals surface area (Å²) in [6.45, 7) is 7.17. The number of nitrogens with one attached hydrogen (secondary N) is 2. The number of aliphatic carboxylic acids is 1. The fraction of sp³-hybridized carbons (Fsp3) is 0.750. The first-order valence-corrected chi connectivity index (χ1v) is 8.01. The van der Waals surface area contributed by atoms with Gasteiger partial charge in [0.1, 0.15) is 0 Å². The lowest BCUT2D eigenvalue weighted by atomic mass is 9.86. The van der Waals surface area contributed by atoms with Crippen molar-refractivity contribution in [2.75, 3.05) is 13.2 Å². The Morgan fingerprint density at radius 1 is 1.23 bits per heavy atom. The minimum Gasteiger partial charge on any atom is -0.481 e. The molecular formula is C16H26N2O4. The molecule has 1 saturated heterocycles. The Bertz CT molecular complexity index is 430. The van der Waals surface area contributed by atoms with Gasteiger partial charge in [0.05, 0.1) is 12.0 Å². The highest BCUT2D eigenvalue weighted by molar-refractivity contribution is 5.74. The normalized spacial score (nSPS) is 31.5. The van der Waals surface area contributed by atoms with E-state index in [1.807, 2.05) is 6.92 Å². The van der Waals surface area contributed by atoms with Crippen LogP contribution in [0.25, 0.3) is 0 Å². The highest BCUT2D eigenvalue weighted by Crippen LogP contribution is 2.26. The highest BCUT2D eigenvalue weighted by Gasteiger charge is 2.30. The predicted octanol–water partition coefficient (Wildman–Crippen LogP) is 1.91. The van der Waals surface area contributed by atoms with Crippen LogP contribution < -0.4 is 10.6 Å². The van der Waals surface area contributed by atoms with E-state index in [1.165, 1.54) is 0 Å². The molecule has 2 unspecified atom stereocenters. The van der Waals surface area contributed by atoms with Crippen LogP contribution in [-0.2, 0) is 9.53 Å². The van der Waals surface area contributed by atoms with Gasteiger partial charge in [0.15, 0.2) is 0 Å². The van der Waals surface area contributed by atoms with Crippen molar-refractivity contribution in [2.24, 2.45) is 11.8 Å². The Balaban J connectivity index is 1.68. The van der Waals surface area contributed by atoms with Crippen LogP contribution >= 0.6 is 0 Å². The second-order valence-electron chi connectivity index (χ2n) is 6.43. The standard InChI is InChI=1S/C16H26N2O4/c1-10(2)14-12(7-8-22-14)9-17-16(21)18-13-5-3-11(4-6-13)15(19)20/h11-14H,1,3-9H2,2H3,(H,19,20)(H2,17,18,21). The maximum atomic E-state index is 12.0. The number of hydrogen-bond acceptors (Lipinski definition) is 3. The second-order valence-corrected chi connectivity index (χ2v) is 6.43. The Kier molecular flexibility index (Phi) is 5.83. The molecule has 2 fully saturated rings. The first-order chi connectivity index (χ1) is 10.5. The van der Waals surface area contributed by atoms with Gasteiger partial charge in [0, 0.05) is 25.1 Å². The maximum Gasteiger partial charge on any atom is 0.315 e. The first-order valence-electron chi connectivity index (χ1n) is 8.01. The smallest absolute Gasteiger partial charge is 0.315 e. The van der Waals surface area contributed by atoms with Crippen molar-refractivity contribution in [1.29, 1.82) is 0 Å². The molecule has 6 heteroatoms. The van der Waals surface area contributed by atoms with Crippen LogP contribution in [0.3, 0.4) is 0 Å². The number of carbonyl (C=O) groups is 2. The van der Waals surface area contributed by atoms with Crippen molar-refractivity contribution in [3.8, 4) is 0 Å². The van der Waals surface area contributed by atoms with Gasteiger partial charge in [-0.15, -0.1) is 0 Å². The third kappa shape index (κ3) is 4.47. The van der Waals surface area contributed by atoms with Gasteiger partial charge in [-0.3, -0.25) is 4.79 Å². The van der Waals surface area contributed by atoms with Crippen LogP contribution in [0.1, 0.15) is 39.0 Å². The van der Waals surface area contributed by atoms with Crippen LogP contribution in [0.2, 0.25) is 0 Å². The molecule has 124 valence electrons. The molecule has 0 aromatic carbocycles. The molecule has 22 heavy (non-hydrogen) atoms. The van der Waals surface area contributed by atoms with Gasteiger partial charge in [-0.1, -0.05) is 12.2 Å². The van der Waals surface area contributed by atoms with Crippen molar-refractivity contribution >= 4 is 12.0 Å². The average Bonchev–Trinajstić information content (AvgIpc) is 2.94. The van der Waals surface area contributed by atoms with Crippen LogP contribution in [0.4, 0.5) is 4.79 Å². The van der Waals surface area contributed by atoms with Gasteiger partial charge in [0.25, 0.3) is 0 Å². The van der Waals surface area contributed by atoms with Crippen LogP contribution in [0.5, 0.6) is 0 Å². The SMILES string of the molecule is C=C(C)C1OCCC1CNC(=O)NC1CCC(C(=O)O)CC1. The molecule has 2 aliphatic rings. The summed E-state index contributed by atoms with van der Waals surface area (Å²) >= 11 is 0. The monoisotopic (exact) mass is 310 g/mol. The topological polar surface area (TPSA) is 87.7 Å². The second kappa shape index (κ2) is 7.63. The molecule has 2 rings (SSSR count). The summed E-state index contributed by atoms with van der Waals surface area (Å²) < 4.78 is 5.62. The third-order valence-electron chi connectivity index (χ3n) is 4.64. The molecule has 6 nitrogen and oxygen atoms in total. The molecular weight excluding hydrogens is 284 g/mol. The predicted molar refractivity (Wildman–Crippen MR) is 82.6 cm³/mol. The lowest BCUT2D eigenvalue weighted by Crippen LogP contribution is -2.46.